The third kappa shape index (κ3) is 5.92. The number of hydrogen-bond acceptors (Lipinski definition) is 1. The highest BCUT2D eigenvalue weighted by atomic mass is 16.3. The van der Waals surface area contributed by atoms with E-state index in [-0.39, 0.29) is 0 Å². The fourth-order valence-electron chi connectivity index (χ4n) is 0.762. The second-order valence-electron chi connectivity index (χ2n) is 3.00. The first-order chi connectivity index (χ1) is 3.42. The Kier molecular flexibility index (Phi) is 2.44. The molecule has 2 heteroatoms. The molecule has 0 aromatic heterocycles. The first-order valence-corrected chi connectivity index (χ1v) is 2.77. The topological polar surface area (TPSA) is 23.1 Å². The van der Waals surface area contributed by atoms with Crippen molar-refractivity contribution in [3.05, 3.63) is 0 Å². The molecule has 8 heavy (non-hydrogen) atoms. The average Bonchev–Trinajstić information content (AvgIpc) is 1.21. The molecule has 0 unspecified atom stereocenters. The third-order valence-corrected chi connectivity index (χ3v) is 0.697. The second-order valence-corrected chi connectivity index (χ2v) is 3.00. The highest BCUT2D eigenvalue weighted by Crippen LogP contribution is 2.01. The predicted molar refractivity (Wildman–Crippen MR) is 33.3 cm³/mol. The van der Waals surface area contributed by atoms with Crippen molar-refractivity contribution in [2.24, 2.45) is 0 Å². The minimum absolute atomic E-state index is 0.604. The summed E-state index contributed by atoms with van der Waals surface area (Å²) < 4.78 is 0. The smallest absolute Gasteiger partial charge is 0.111 e. The fourth-order valence-corrected chi connectivity index (χ4v) is 0.762. The Morgan fingerprint density at radius 2 is 1.75 bits per heavy atom. The molecule has 0 heterocycles. The van der Waals surface area contributed by atoms with Gasteiger partial charge in [-0.05, 0) is 27.9 Å². The predicted octanol–water partition coefficient (Wildman–Crippen LogP) is 0.757. The summed E-state index contributed by atoms with van der Waals surface area (Å²) in [5.41, 5.74) is -0.802. The van der Waals surface area contributed by atoms with Crippen LogP contribution in [0.1, 0.15) is 13.8 Å². The average molecular weight is 116 g/mol. The number of nitrogens with zero attached hydrogens (tertiary/aromatic N) is 1. The fraction of sp³-hybridized carbons (Fsp3) is 1.00. The van der Waals surface area contributed by atoms with Crippen LogP contribution in [-0.4, -0.2) is 31.1 Å². The van der Waals surface area contributed by atoms with Gasteiger partial charge in [0.25, 0.3) is 0 Å². The maximum absolute atomic E-state index is 10.9. The molecule has 0 aromatic rings. The van der Waals surface area contributed by atoms with Crippen molar-refractivity contribution in [2.75, 3.05) is 20.6 Å². The standard InChI is InChI=1S/C6H14NO/c1-6(2,8)5-7(3)4/h5H2,1-4H3. The summed E-state index contributed by atoms with van der Waals surface area (Å²) in [7, 11) is 3.80. The number of rotatable bonds is 2. The van der Waals surface area contributed by atoms with Crippen LogP contribution in [0.4, 0.5) is 0 Å². The van der Waals surface area contributed by atoms with Crippen molar-refractivity contribution >= 4 is 0 Å². The van der Waals surface area contributed by atoms with E-state index in [0.717, 1.165) is 0 Å². The molecule has 0 aliphatic heterocycles. The van der Waals surface area contributed by atoms with Crippen LogP contribution in [0.2, 0.25) is 0 Å². The zero-order valence-corrected chi connectivity index (χ0v) is 6.06. The van der Waals surface area contributed by atoms with Crippen molar-refractivity contribution in [3.8, 4) is 0 Å². The van der Waals surface area contributed by atoms with Gasteiger partial charge in [0.05, 0.1) is 0 Å². The highest BCUT2D eigenvalue weighted by Gasteiger charge is 2.14. The molecule has 0 saturated carbocycles. The van der Waals surface area contributed by atoms with E-state index in [9.17, 15) is 5.11 Å². The van der Waals surface area contributed by atoms with E-state index in [1.807, 2.05) is 19.0 Å². The molecule has 0 spiro atoms. The first kappa shape index (κ1) is 7.92. The second kappa shape index (κ2) is 2.46. The van der Waals surface area contributed by atoms with Crippen molar-refractivity contribution in [1.82, 2.24) is 4.90 Å². The van der Waals surface area contributed by atoms with Crippen molar-refractivity contribution in [2.45, 2.75) is 19.4 Å². The van der Waals surface area contributed by atoms with Gasteiger partial charge < -0.3 is 4.90 Å². The van der Waals surface area contributed by atoms with Gasteiger partial charge in [-0.1, -0.05) is 0 Å². The van der Waals surface area contributed by atoms with Crippen LogP contribution in [0, 0.1) is 0 Å². The maximum atomic E-state index is 10.9. The molecule has 0 aromatic carbocycles. The van der Waals surface area contributed by atoms with E-state index in [1.165, 1.54) is 0 Å². The Hall–Kier alpha value is -0.0800. The molecule has 0 amide bonds. The normalized spacial score (nSPS) is 12.8. The van der Waals surface area contributed by atoms with Gasteiger partial charge >= 0.3 is 0 Å². The summed E-state index contributed by atoms with van der Waals surface area (Å²) >= 11 is 0. The van der Waals surface area contributed by atoms with Gasteiger partial charge in [-0.15, -0.1) is 0 Å². The van der Waals surface area contributed by atoms with Gasteiger partial charge in [-0.2, -0.15) is 0 Å². The van der Waals surface area contributed by atoms with Crippen LogP contribution in [0.3, 0.4) is 0 Å². The highest BCUT2D eigenvalue weighted by molar-refractivity contribution is 4.66. The molecule has 0 saturated heterocycles. The minimum Gasteiger partial charge on any atom is -0.306 e. The number of hydrogen-bond donors (Lipinski definition) is 0. The lowest BCUT2D eigenvalue weighted by molar-refractivity contribution is -0.0149. The van der Waals surface area contributed by atoms with Gasteiger partial charge in [0.2, 0.25) is 0 Å². The van der Waals surface area contributed by atoms with Gasteiger partial charge in [-0.25, -0.2) is 5.11 Å². The van der Waals surface area contributed by atoms with Crippen LogP contribution in [-0.2, 0) is 5.11 Å². The molecule has 49 valence electrons. The van der Waals surface area contributed by atoms with Crippen LogP contribution >= 0.6 is 0 Å². The lowest BCUT2D eigenvalue weighted by Crippen LogP contribution is -2.32. The summed E-state index contributed by atoms with van der Waals surface area (Å²) in [4.78, 5) is 1.90. The van der Waals surface area contributed by atoms with E-state index in [4.69, 9.17) is 0 Å². The molecule has 1 radical (unpaired) electrons. The molecule has 0 rings (SSSR count). The Labute approximate surface area is 51.1 Å². The molecular weight excluding hydrogens is 102 g/mol. The lowest BCUT2D eigenvalue weighted by Gasteiger charge is -2.18. The monoisotopic (exact) mass is 116 g/mol. The Morgan fingerprint density at radius 1 is 1.38 bits per heavy atom. The van der Waals surface area contributed by atoms with Crippen molar-refractivity contribution < 1.29 is 5.11 Å². The lowest BCUT2D eigenvalue weighted by atomic mass is 10.1. The van der Waals surface area contributed by atoms with E-state index in [2.05, 4.69) is 0 Å². The molecule has 0 aliphatic rings. The Balaban J connectivity index is 3.39. The first-order valence-electron chi connectivity index (χ1n) is 2.77. The number of likely N-dealkylation sites (N-methyl/N-ethyl adjacent to an activating group) is 1. The molecular formula is C6H14NO. The molecule has 0 bridgehead atoms. The quantitative estimate of drug-likeness (QED) is 0.522. The van der Waals surface area contributed by atoms with Crippen LogP contribution in [0.5, 0.6) is 0 Å². The van der Waals surface area contributed by atoms with E-state index >= 15 is 0 Å². The summed E-state index contributed by atoms with van der Waals surface area (Å²) in [5.74, 6) is 0. The minimum atomic E-state index is -0.802. The summed E-state index contributed by atoms with van der Waals surface area (Å²) in [5, 5.41) is 10.9. The van der Waals surface area contributed by atoms with Gasteiger partial charge in [0.1, 0.15) is 5.60 Å². The zero-order valence-electron chi connectivity index (χ0n) is 6.06. The SMILES string of the molecule is CN(C)CC(C)(C)[O]. The molecule has 0 atom stereocenters. The van der Waals surface area contributed by atoms with Gasteiger partial charge in [-0.3, -0.25) is 0 Å². The molecule has 2 nitrogen and oxygen atoms in total. The summed E-state index contributed by atoms with van der Waals surface area (Å²) in [6, 6.07) is 0. The third-order valence-electron chi connectivity index (χ3n) is 0.697. The van der Waals surface area contributed by atoms with E-state index in [1.54, 1.807) is 13.8 Å². The molecule has 0 fully saturated rings. The molecule has 0 aliphatic carbocycles. The zero-order chi connectivity index (χ0) is 6.78. The van der Waals surface area contributed by atoms with Gasteiger partial charge in [0, 0.05) is 6.54 Å². The van der Waals surface area contributed by atoms with Crippen LogP contribution in [0.15, 0.2) is 0 Å². The Bertz CT molecular complexity index is 63.4. The Morgan fingerprint density at radius 3 is 1.75 bits per heavy atom. The van der Waals surface area contributed by atoms with E-state index in [0.29, 0.717) is 6.54 Å². The largest absolute Gasteiger partial charge is 0.306 e. The van der Waals surface area contributed by atoms with Crippen molar-refractivity contribution in [3.63, 3.8) is 0 Å². The van der Waals surface area contributed by atoms with Crippen LogP contribution < -0.4 is 0 Å². The maximum Gasteiger partial charge on any atom is 0.111 e. The van der Waals surface area contributed by atoms with E-state index < -0.39 is 5.60 Å². The summed E-state index contributed by atoms with van der Waals surface area (Å²) in [6.45, 7) is 3.98. The van der Waals surface area contributed by atoms with Gasteiger partial charge in [0.15, 0.2) is 0 Å². The molecule has 0 N–H and O–H groups in total. The summed E-state index contributed by atoms with van der Waals surface area (Å²) in [6.07, 6.45) is 0. The van der Waals surface area contributed by atoms with Crippen LogP contribution in [0.25, 0.3) is 0 Å². The van der Waals surface area contributed by atoms with Crippen molar-refractivity contribution in [1.29, 1.82) is 0 Å².